The Morgan fingerprint density at radius 1 is 1.19 bits per heavy atom. The molecule has 3 aromatic rings. The molecule has 0 fully saturated rings. The molecule has 2 aromatic carbocycles. The zero-order valence-electron chi connectivity index (χ0n) is 16.5. The molecule has 0 aliphatic carbocycles. The quantitative estimate of drug-likeness (QED) is 0.617. The highest BCUT2D eigenvalue weighted by molar-refractivity contribution is 6.02. The third-order valence-electron chi connectivity index (χ3n) is 5.00. The molecule has 160 valence electrons. The number of ether oxygens (including phenoxy) is 1. The minimum atomic E-state index is -1.64. The van der Waals surface area contributed by atoms with Gasteiger partial charge in [-0.2, -0.15) is 5.10 Å². The summed E-state index contributed by atoms with van der Waals surface area (Å²) >= 11 is 0. The molecule has 0 saturated carbocycles. The molecule has 1 atom stereocenters. The summed E-state index contributed by atoms with van der Waals surface area (Å²) in [4.78, 5) is 25.0. The van der Waals surface area contributed by atoms with Gasteiger partial charge in [0, 0.05) is 28.9 Å². The largest absolute Gasteiger partial charge is 0.497 e. The van der Waals surface area contributed by atoms with Crippen molar-refractivity contribution < 1.29 is 27.5 Å². The first kappa shape index (κ1) is 20.5. The highest BCUT2D eigenvalue weighted by Crippen LogP contribution is 2.35. The van der Waals surface area contributed by atoms with Crippen molar-refractivity contribution in [3.05, 3.63) is 59.4 Å². The topological polar surface area (TPSA) is 85.2 Å². The van der Waals surface area contributed by atoms with Gasteiger partial charge in [-0.25, -0.2) is 17.9 Å². The summed E-state index contributed by atoms with van der Waals surface area (Å²) < 4.78 is 46.6. The molecule has 10 heteroatoms. The molecular weight excluding hydrogens is 413 g/mol. The normalized spacial score (nSPS) is 15.3. The van der Waals surface area contributed by atoms with Gasteiger partial charge in [0.25, 0.3) is 0 Å². The predicted octanol–water partition coefficient (Wildman–Crippen LogP) is 3.81. The van der Waals surface area contributed by atoms with Gasteiger partial charge in [0.2, 0.25) is 11.8 Å². The number of aromatic nitrogens is 2. The molecule has 0 unspecified atom stereocenters. The number of hydrogen-bond acceptors (Lipinski definition) is 4. The SMILES string of the molecule is COc1ccc(-c2nn3c(c2C)NC(=O)C[C@@H]3C(=O)Nc2cc(F)c(F)c(F)c2)cc1. The number of carbonyl (C=O) groups excluding carboxylic acids is 2. The van der Waals surface area contributed by atoms with Gasteiger partial charge in [-0.3, -0.25) is 9.59 Å². The average molecular weight is 430 g/mol. The molecule has 1 aliphatic heterocycles. The Balaban J connectivity index is 1.68. The predicted molar refractivity (Wildman–Crippen MR) is 106 cm³/mol. The van der Waals surface area contributed by atoms with Crippen LogP contribution in [0.2, 0.25) is 0 Å². The number of fused-ring (bicyclic) bond motifs is 1. The van der Waals surface area contributed by atoms with Crippen molar-refractivity contribution in [2.45, 2.75) is 19.4 Å². The van der Waals surface area contributed by atoms with Crippen molar-refractivity contribution in [1.82, 2.24) is 9.78 Å². The van der Waals surface area contributed by atoms with E-state index in [1.165, 1.54) is 4.68 Å². The molecule has 2 heterocycles. The van der Waals surface area contributed by atoms with Crippen LogP contribution < -0.4 is 15.4 Å². The van der Waals surface area contributed by atoms with Gasteiger partial charge in [-0.05, 0) is 31.2 Å². The van der Waals surface area contributed by atoms with Crippen LogP contribution in [0, 0.1) is 24.4 Å². The molecule has 0 spiro atoms. The lowest BCUT2D eigenvalue weighted by Crippen LogP contribution is -2.36. The highest BCUT2D eigenvalue weighted by atomic mass is 19.2. The second-order valence-corrected chi connectivity index (χ2v) is 7.01. The first-order chi connectivity index (χ1) is 14.8. The van der Waals surface area contributed by atoms with E-state index < -0.39 is 35.3 Å². The molecule has 1 aromatic heterocycles. The number of nitrogens with one attached hydrogen (secondary N) is 2. The Hall–Kier alpha value is -3.82. The van der Waals surface area contributed by atoms with E-state index in [0.717, 1.165) is 5.56 Å². The molecule has 1 aliphatic rings. The second kappa shape index (κ2) is 7.78. The Labute approximate surface area is 174 Å². The number of anilines is 2. The van der Waals surface area contributed by atoms with E-state index in [4.69, 9.17) is 4.74 Å². The third kappa shape index (κ3) is 3.72. The van der Waals surface area contributed by atoms with Crippen molar-refractivity contribution >= 4 is 23.3 Å². The maximum atomic E-state index is 13.5. The van der Waals surface area contributed by atoms with Crippen molar-refractivity contribution in [3.63, 3.8) is 0 Å². The lowest BCUT2D eigenvalue weighted by molar-refractivity contribution is -0.125. The van der Waals surface area contributed by atoms with Crippen LogP contribution in [0.3, 0.4) is 0 Å². The molecule has 0 radical (unpaired) electrons. The van der Waals surface area contributed by atoms with Crippen molar-refractivity contribution in [2.75, 3.05) is 17.7 Å². The summed E-state index contributed by atoms with van der Waals surface area (Å²) in [5.41, 5.74) is 1.68. The van der Waals surface area contributed by atoms with Gasteiger partial charge in [0.15, 0.2) is 17.5 Å². The Morgan fingerprint density at radius 3 is 2.45 bits per heavy atom. The number of nitrogens with zero attached hydrogens (tertiary/aromatic N) is 2. The number of carbonyl (C=O) groups is 2. The molecule has 2 amide bonds. The van der Waals surface area contributed by atoms with Crippen LogP contribution in [-0.2, 0) is 9.59 Å². The Kier molecular flexibility index (Phi) is 5.14. The lowest BCUT2D eigenvalue weighted by atomic mass is 10.1. The lowest BCUT2D eigenvalue weighted by Gasteiger charge is -2.24. The average Bonchev–Trinajstić information content (AvgIpc) is 3.07. The van der Waals surface area contributed by atoms with Gasteiger partial charge < -0.3 is 15.4 Å². The van der Waals surface area contributed by atoms with Crippen LogP contribution in [-0.4, -0.2) is 28.7 Å². The maximum absolute atomic E-state index is 13.5. The van der Waals surface area contributed by atoms with Crippen LogP contribution in [0.25, 0.3) is 11.3 Å². The summed E-state index contributed by atoms with van der Waals surface area (Å²) in [5.74, 6) is -4.63. The summed E-state index contributed by atoms with van der Waals surface area (Å²) in [6.45, 7) is 1.75. The van der Waals surface area contributed by atoms with Gasteiger partial charge >= 0.3 is 0 Å². The fourth-order valence-corrected chi connectivity index (χ4v) is 3.42. The minimum Gasteiger partial charge on any atom is -0.497 e. The fourth-order valence-electron chi connectivity index (χ4n) is 3.42. The number of methoxy groups -OCH3 is 1. The summed E-state index contributed by atoms with van der Waals surface area (Å²) in [6.07, 6.45) is -0.228. The molecule has 2 N–H and O–H groups in total. The second-order valence-electron chi connectivity index (χ2n) is 7.01. The maximum Gasteiger partial charge on any atom is 0.249 e. The first-order valence-electron chi connectivity index (χ1n) is 9.27. The van der Waals surface area contributed by atoms with Crippen LogP contribution in [0.4, 0.5) is 24.7 Å². The van der Waals surface area contributed by atoms with Gasteiger partial charge in [-0.15, -0.1) is 0 Å². The number of benzene rings is 2. The Morgan fingerprint density at radius 2 is 1.84 bits per heavy atom. The van der Waals surface area contributed by atoms with E-state index in [2.05, 4.69) is 15.7 Å². The van der Waals surface area contributed by atoms with Crippen LogP contribution in [0.5, 0.6) is 5.75 Å². The van der Waals surface area contributed by atoms with E-state index in [1.807, 2.05) is 0 Å². The van der Waals surface area contributed by atoms with Crippen molar-refractivity contribution in [2.24, 2.45) is 0 Å². The summed E-state index contributed by atoms with van der Waals surface area (Å²) in [5, 5.41) is 9.52. The summed E-state index contributed by atoms with van der Waals surface area (Å²) in [7, 11) is 1.55. The Bertz CT molecular complexity index is 1170. The van der Waals surface area contributed by atoms with Crippen LogP contribution >= 0.6 is 0 Å². The van der Waals surface area contributed by atoms with Crippen molar-refractivity contribution in [3.8, 4) is 17.0 Å². The fraction of sp³-hybridized carbons (Fsp3) is 0.190. The van der Waals surface area contributed by atoms with Gasteiger partial charge in [0.05, 0.1) is 19.2 Å². The first-order valence-corrected chi connectivity index (χ1v) is 9.27. The monoisotopic (exact) mass is 430 g/mol. The van der Waals surface area contributed by atoms with Crippen LogP contribution in [0.1, 0.15) is 18.0 Å². The zero-order chi connectivity index (χ0) is 22.3. The van der Waals surface area contributed by atoms with E-state index in [-0.39, 0.29) is 12.1 Å². The minimum absolute atomic E-state index is 0.228. The highest BCUT2D eigenvalue weighted by Gasteiger charge is 2.34. The molecule has 4 rings (SSSR count). The summed E-state index contributed by atoms with van der Waals surface area (Å²) in [6, 6.07) is 7.36. The van der Waals surface area contributed by atoms with E-state index >= 15 is 0 Å². The van der Waals surface area contributed by atoms with Crippen molar-refractivity contribution in [1.29, 1.82) is 0 Å². The molecule has 0 saturated heterocycles. The number of halogens is 3. The van der Waals surface area contributed by atoms with E-state index in [9.17, 15) is 22.8 Å². The molecule has 7 nitrogen and oxygen atoms in total. The van der Waals surface area contributed by atoms with E-state index in [1.54, 1.807) is 38.3 Å². The number of amides is 2. The van der Waals surface area contributed by atoms with E-state index in [0.29, 0.717) is 35.0 Å². The van der Waals surface area contributed by atoms with Gasteiger partial charge in [0.1, 0.15) is 17.6 Å². The zero-order valence-corrected chi connectivity index (χ0v) is 16.5. The number of hydrogen-bond donors (Lipinski definition) is 2. The molecule has 31 heavy (non-hydrogen) atoms. The third-order valence-corrected chi connectivity index (χ3v) is 5.00. The molecule has 0 bridgehead atoms. The smallest absolute Gasteiger partial charge is 0.249 e. The molecular formula is C21H17F3N4O3. The number of rotatable bonds is 4. The van der Waals surface area contributed by atoms with Gasteiger partial charge in [-0.1, -0.05) is 0 Å². The standard InChI is InChI=1S/C21H17F3N4O3/c1-10-19(11-3-5-13(31-2)6-4-11)27-28-16(9-17(29)26-20(10)28)21(30)25-12-7-14(22)18(24)15(23)8-12/h3-8,16H,9H2,1-2H3,(H,25,30)(H,26,29)/t16-/m1/s1. The van der Waals surface area contributed by atoms with Crippen LogP contribution in [0.15, 0.2) is 36.4 Å².